The summed E-state index contributed by atoms with van der Waals surface area (Å²) in [6.45, 7) is 7.27. The van der Waals surface area contributed by atoms with Gasteiger partial charge in [0.1, 0.15) is 5.82 Å². The molecule has 20 heavy (non-hydrogen) atoms. The minimum atomic E-state index is -0.537. The Kier molecular flexibility index (Phi) is 4.56. The molecule has 2 heterocycles. The molecule has 1 aromatic rings. The summed E-state index contributed by atoms with van der Waals surface area (Å²) in [6, 6.07) is 0. The summed E-state index contributed by atoms with van der Waals surface area (Å²) >= 11 is 0. The Balaban J connectivity index is 1.80. The molecule has 1 fully saturated rings. The average Bonchev–Trinajstić information content (AvgIpc) is 2.85. The van der Waals surface area contributed by atoms with Crippen LogP contribution < -0.4 is 11.1 Å². The maximum atomic E-state index is 12.3. The first-order valence-electron chi connectivity index (χ1n) is 6.78. The fourth-order valence-corrected chi connectivity index (χ4v) is 2.20. The van der Waals surface area contributed by atoms with Gasteiger partial charge < -0.3 is 15.8 Å². The normalized spacial score (nSPS) is 17.1. The first-order chi connectivity index (χ1) is 9.50. The van der Waals surface area contributed by atoms with E-state index >= 15 is 0 Å². The van der Waals surface area contributed by atoms with Crippen LogP contribution in [0.5, 0.6) is 0 Å². The Morgan fingerprint density at radius 1 is 1.50 bits per heavy atom. The first kappa shape index (κ1) is 14.7. The summed E-state index contributed by atoms with van der Waals surface area (Å²) in [5, 5.41) is 9.39. The van der Waals surface area contributed by atoms with E-state index in [4.69, 9.17) is 10.5 Å². The van der Waals surface area contributed by atoms with Gasteiger partial charge in [-0.3, -0.25) is 14.8 Å². The number of amides is 1. The van der Waals surface area contributed by atoms with Crippen molar-refractivity contribution in [2.24, 2.45) is 0 Å². The lowest BCUT2D eigenvalue weighted by Crippen LogP contribution is -2.58. The topological polar surface area (TPSA) is 109 Å². The van der Waals surface area contributed by atoms with Gasteiger partial charge in [-0.15, -0.1) is 5.10 Å². The summed E-state index contributed by atoms with van der Waals surface area (Å²) in [5.41, 5.74) is 4.88. The van der Waals surface area contributed by atoms with Crippen LogP contribution >= 0.6 is 0 Å². The van der Waals surface area contributed by atoms with Gasteiger partial charge >= 0.3 is 0 Å². The molecule has 8 nitrogen and oxygen atoms in total. The number of rotatable bonds is 5. The Morgan fingerprint density at radius 3 is 2.80 bits per heavy atom. The van der Waals surface area contributed by atoms with Gasteiger partial charge in [-0.05, 0) is 13.8 Å². The van der Waals surface area contributed by atoms with Crippen LogP contribution in [0, 0.1) is 0 Å². The molecule has 0 saturated carbocycles. The van der Waals surface area contributed by atoms with E-state index in [0.717, 1.165) is 13.1 Å². The molecule has 0 unspecified atom stereocenters. The second-order valence-corrected chi connectivity index (χ2v) is 5.30. The summed E-state index contributed by atoms with van der Waals surface area (Å²) in [4.78, 5) is 18.4. The van der Waals surface area contributed by atoms with Gasteiger partial charge in [0, 0.05) is 26.1 Å². The predicted molar refractivity (Wildman–Crippen MR) is 74.0 cm³/mol. The van der Waals surface area contributed by atoms with Crippen molar-refractivity contribution in [3.05, 3.63) is 5.82 Å². The third-order valence-electron chi connectivity index (χ3n) is 3.55. The summed E-state index contributed by atoms with van der Waals surface area (Å²) in [5.74, 6) is 0.902. The number of aromatic amines is 1. The number of nitrogens with two attached hydrogens (primary N) is 1. The van der Waals surface area contributed by atoms with Crippen LogP contribution in [0.2, 0.25) is 0 Å². The van der Waals surface area contributed by atoms with Crippen molar-refractivity contribution < 1.29 is 9.53 Å². The van der Waals surface area contributed by atoms with E-state index in [-0.39, 0.29) is 11.9 Å². The van der Waals surface area contributed by atoms with Crippen LogP contribution in [0.4, 0.5) is 5.95 Å². The van der Waals surface area contributed by atoms with Crippen LogP contribution in [-0.4, -0.2) is 64.4 Å². The zero-order valence-electron chi connectivity index (χ0n) is 12.0. The standard InChI is InChI=1S/C12H22N6O2/c1-12(2,18-5-7-20-8-6-18)10(19)14-4-3-9-15-11(13)17-16-9/h3-8H2,1-2H3,(H,14,19)(H3,13,15,16,17). The summed E-state index contributed by atoms with van der Waals surface area (Å²) in [6.07, 6.45) is 0.579. The number of carbonyl (C=O) groups excluding carboxylic acids is 1. The predicted octanol–water partition coefficient (Wildman–Crippen LogP) is -0.844. The molecule has 1 aliphatic rings. The second kappa shape index (κ2) is 6.19. The Bertz CT molecular complexity index is 453. The van der Waals surface area contributed by atoms with Crippen molar-refractivity contribution in [2.75, 3.05) is 38.6 Å². The molecule has 0 atom stereocenters. The van der Waals surface area contributed by atoms with Crippen molar-refractivity contribution in [3.63, 3.8) is 0 Å². The molecule has 1 saturated heterocycles. The maximum Gasteiger partial charge on any atom is 0.239 e. The van der Waals surface area contributed by atoms with Gasteiger partial charge in [-0.1, -0.05) is 0 Å². The molecule has 2 rings (SSSR count). The van der Waals surface area contributed by atoms with E-state index in [2.05, 4.69) is 25.4 Å². The van der Waals surface area contributed by atoms with E-state index in [0.29, 0.717) is 32.0 Å². The summed E-state index contributed by atoms with van der Waals surface area (Å²) in [7, 11) is 0. The number of aromatic nitrogens is 3. The number of morpholine rings is 1. The van der Waals surface area contributed by atoms with Crippen LogP contribution in [0.25, 0.3) is 0 Å². The summed E-state index contributed by atoms with van der Waals surface area (Å²) < 4.78 is 5.31. The fourth-order valence-electron chi connectivity index (χ4n) is 2.20. The number of carbonyl (C=O) groups is 1. The fraction of sp³-hybridized carbons (Fsp3) is 0.750. The number of hydrogen-bond acceptors (Lipinski definition) is 6. The Labute approximate surface area is 118 Å². The molecule has 1 aromatic heterocycles. The van der Waals surface area contributed by atoms with Gasteiger partial charge in [0.25, 0.3) is 0 Å². The van der Waals surface area contributed by atoms with Gasteiger partial charge in [-0.2, -0.15) is 4.98 Å². The highest BCUT2D eigenvalue weighted by Crippen LogP contribution is 2.16. The van der Waals surface area contributed by atoms with Gasteiger partial charge in [0.2, 0.25) is 11.9 Å². The van der Waals surface area contributed by atoms with E-state index < -0.39 is 5.54 Å². The lowest BCUT2D eigenvalue weighted by molar-refractivity contribution is -0.134. The monoisotopic (exact) mass is 282 g/mol. The molecule has 0 spiro atoms. The number of nitrogens with one attached hydrogen (secondary N) is 2. The maximum absolute atomic E-state index is 12.3. The average molecular weight is 282 g/mol. The highest BCUT2D eigenvalue weighted by atomic mass is 16.5. The second-order valence-electron chi connectivity index (χ2n) is 5.30. The highest BCUT2D eigenvalue weighted by molar-refractivity contribution is 5.85. The quantitative estimate of drug-likeness (QED) is 0.649. The Hall–Kier alpha value is -1.67. The van der Waals surface area contributed by atoms with Gasteiger partial charge in [-0.25, -0.2) is 0 Å². The molecule has 0 radical (unpaired) electrons. The molecule has 8 heteroatoms. The minimum Gasteiger partial charge on any atom is -0.379 e. The first-order valence-corrected chi connectivity index (χ1v) is 6.78. The number of nitrogen functional groups attached to an aromatic ring is 1. The van der Waals surface area contributed by atoms with Crippen molar-refractivity contribution >= 4 is 11.9 Å². The molecule has 1 aliphatic heterocycles. The third-order valence-corrected chi connectivity index (χ3v) is 3.55. The minimum absolute atomic E-state index is 0.00638. The van der Waals surface area contributed by atoms with Crippen molar-refractivity contribution in [3.8, 4) is 0 Å². The number of nitrogens with zero attached hydrogens (tertiary/aromatic N) is 3. The lowest BCUT2D eigenvalue weighted by Gasteiger charge is -2.39. The Morgan fingerprint density at radius 2 is 2.20 bits per heavy atom. The third kappa shape index (κ3) is 3.45. The van der Waals surface area contributed by atoms with Gasteiger partial charge in [0.15, 0.2) is 0 Å². The highest BCUT2D eigenvalue weighted by Gasteiger charge is 2.35. The van der Waals surface area contributed by atoms with E-state index in [1.54, 1.807) is 0 Å². The van der Waals surface area contributed by atoms with Gasteiger partial charge in [0.05, 0.1) is 18.8 Å². The number of ether oxygens (including phenoxy) is 1. The SMILES string of the molecule is CC(C)(C(=O)NCCc1nc(N)n[nH]1)N1CCOCC1. The van der Waals surface area contributed by atoms with Crippen LogP contribution in [0.1, 0.15) is 19.7 Å². The lowest BCUT2D eigenvalue weighted by atomic mass is 10.0. The zero-order chi connectivity index (χ0) is 14.6. The largest absolute Gasteiger partial charge is 0.379 e. The zero-order valence-corrected chi connectivity index (χ0v) is 12.0. The van der Waals surface area contributed by atoms with Crippen LogP contribution in [0.3, 0.4) is 0 Å². The molecule has 1 amide bonds. The smallest absolute Gasteiger partial charge is 0.239 e. The van der Waals surface area contributed by atoms with Crippen molar-refractivity contribution in [2.45, 2.75) is 25.8 Å². The molecule has 112 valence electrons. The number of H-pyrrole nitrogens is 1. The van der Waals surface area contributed by atoms with E-state index in [9.17, 15) is 4.79 Å². The van der Waals surface area contributed by atoms with Crippen molar-refractivity contribution in [1.29, 1.82) is 0 Å². The molecule has 0 bridgehead atoms. The molecular weight excluding hydrogens is 260 g/mol. The molecule has 0 aliphatic carbocycles. The molecular formula is C12H22N6O2. The van der Waals surface area contributed by atoms with Crippen molar-refractivity contribution in [1.82, 2.24) is 25.4 Å². The number of anilines is 1. The van der Waals surface area contributed by atoms with Crippen LogP contribution in [0.15, 0.2) is 0 Å². The van der Waals surface area contributed by atoms with E-state index in [1.165, 1.54) is 0 Å². The number of hydrogen-bond donors (Lipinski definition) is 3. The molecule has 0 aromatic carbocycles. The van der Waals surface area contributed by atoms with Crippen LogP contribution in [-0.2, 0) is 16.0 Å². The van der Waals surface area contributed by atoms with E-state index in [1.807, 2.05) is 13.8 Å². The molecule has 4 N–H and O–H groups in total.